The van der Waals surface area contributed by atoms with Gasteiger partial charge in [-0.1, -0.05) is 37.6 Å². The summed E-state index contributed by atoms with van der Waals surface area (Å²) in [7, 11) is 0. The Morgan fingerprint density at radius 3 is 2.38 bits per heavy atom. The fraction of sp³-hybridized carbons (Fsp3) is 0.340. The molecule has 7 aromatic rings. The van der Waals surface area contributed by atoms with Crippen LogP contribution in [0.1, 0.15) is 25.5 Å². The first-order chi connectivity index (χ1) is 31.0. The predicted molar refractivity (Wildman–Crippen MR) is 244 cm³/mol. The predicted octanol–water partition coefficient (Wildman–Crippen LogP) is 7.73. The molecule has 326 valence electrons. The van der Waals surface area contributed by atoms with Crippen molar-refractivity contribution in [2.75, 3.05) is 88.3 Å². The molecular formula is C47H53N11O5. The summed E-state index contributed by atoms with van der Waals surface area (Å²) >= 11 is 0. The number of amides is 2. The monoisotopic (exact) mass is 851 g/mol. The van der Waals surface area contributed by atoms with Gasteiger partial charge in [-0.15, -0.1) is 0 Å². The van der Waals surface area contributed by atoms with E-state index < -0.39 is 6.03 Å². The second-order valence-electron chi connectivity index (χ2n) is 15.6. The van der Waals surface area contributed by atoms with E-state index in [1.54, 1.807) is 16.9 Å². The molecule has 0 radical (unpaired) electrons. The molecule has 5 heterocycles. The number of hydrogen-bond donors (Lipinski definition) is 3. The van der Waals surface area contributed by atoms with Crippen LogP contribution in [0.3, 0.4) is 0 Å². The lowest BCUT2D eigenvalue weighted by molar-refractivity contribution is 0.0322. The highest BCUT2D eigenvalue weighted by molar-refractivity contribution is 6.07. The van der Waals surface area contributed by atoms with Gasteiger partial charge in [-0.2, -0.15) is 15.2 Å². The van der Waals surface area contributed by atoms with E-state index in [4.69, 9.17) is 24.0 Å². The minimum absolute atomic E-state index is 0.368. The zero-order chi connectivity index (χ0) is 42.8. The van der Waals surface area contributed by atoms with Gasteiger partial charge in [0.25, 0.3) is 0 Å². The van der Waals surface area contributed by atoms with Crippen molar-refractivity contribution in [1.29, 1.82) is 0 Å². The topological polar surface area (TPSA) is 158 Å². The lowest BCUT2D eigenvalue weighted by Crippen LogP contribution is -2.38. The molecule has 2 fully saturated rings. The number of aryl methyl sites for hydroxylation is 1. The first kappa shape index (κ1) is 41.7. The number of aromatic nitrogens is 6. The van der Waals surface area contributed by atoms with E-state index in [2.05, 4.69) is 53.8 Å². The van der Waals surface area contributed by atoms with Crippen LogP contribution in [0.2, 0.25) is 0 Å². The van der Waals surface area contributed by atoms with Crippen molar-refractivity contribution in [2.24, 2.45) is 0 Å². The molecule has 63 heavy (non-hydrogen) atoms. The minimum Gasteiger partial charge on any atom is -0.492 e. The Bertz CT molecular complexity index is 2620. The molecule has 16 heteroatoms. The summed E-state index contributed by atoms with van der Waals surface area (Å²) in [6.45, 7) is 12.2. The number of ether oxygens (including phenoxy) is 4. The fourth-order valence-electron chi connectivity index (χ4n) is 7.84. The molecule has 2 amide bonds. The van der Waals surface area contributed by atoms with Crippen LogP contribution in [-0.2, 0) is 22.4 Å². The molecule has 9 rings (SSSR count). The average molecular weight is 852 g/mol. The Morgan fingerprint density at radius 2 is 1.59 bits per heavy atom. The van der Waals surface area contributed by atoms with Crippen LogP contribution in [-0.4, -0.2) is 118 Å². The van der Waals surface area contributed by atoms with Gasteiger partial charge in [0, 0.05) is 79.4 Å². The molecule has 0 unspecified atom stereocenters. The largest absolute Gasteiger partial charge is 0.492 e. The second-order valence-corrected chi connectivity index (χ2v) is 15.6. The summed E-state index contributed by atoms with van der Waals surface area (Å²) < 4.78 is 27.1. The third kappa shape index (κ3) is 10.5. The molecule has 3 aromatic heterocycles. The van der Waals surface area contributed by atoms with Gasteiger partial charge >= 0.3 is 6.03 Å². The molecular weight excluding hydrogens is 799 g/mol. The van der Waals surface area contributed by atoms with Crippen LogP contribution in [0.15, 0.2) is 103 Å². The normalized spacial score (nSPS) is 14.8. The summed E-state index contributed by atoms with van der Waals surface area (Å²) in [5, 5.41) is 21.6. The van der Waals surface area contributed by atoms with Crippen molar-refractivity contribution >= 4 is 50.8 Å². The van der Waals surface area contributed by atoms with Crippen LogP contribution in [0.5, 0.6) is 17.4 Å². The van der Waals surface area contributed by atoms with Crippen LogP contribution in [0.25, 0.3) is 27.4 Å². The molecule has 3 N–H and O–H groups in total. The zero-order valence-electron chi connectivity index (χ0n) is 35.5. The Labute approximate surface area is 366 Å². The van der Waals surface area contributed by atoms with Gasteiger partial charge in [-0.25, -0.2) is 14.5 Å². The number of morpholine rings is 2. The fourth-order valence-corrected chi connectivity index (χ4v) is 7.84. The number of hydrogen-bond acceptors (Lipinski definition) is 12. The molecule has 0 saturated carbocycles. The quantitative estimate of drug-likeness (QED) is 0.0821. The molecule has 0 bridgehead atoms. The Balaban J connectivity index is 0.849. The molecule has 4 aromatic carbocycles. The SMILES string of the molecule is CCCCc1cc(NC(=O)Nc2ccc(Oc3ccnc(Nc4ccc5c(cnn5CCN5CCOCC5)c4)n3)c3ccccc23)n(-c2ccc(OCCN3CCOCC3)cc2)n1. The Kier molecular flexibility index (Phi) is 13.3. The lowest BCUT2D eigenvalue weighted by atomic mass is 10.1. The molecule has 16 nitrogen and oxygen atoms in total. The number of benzene rings is 4. The average Bonchev–Trinajstić information content (AvgIpc) is 3.92. The zero-order valence-corrected chi connectivity index (χ0v) is 35.5. The summed E-state index contributed by atoms with van der Waals surface area (Å²) in [5.41, 5.74) is 4.24. The van der Waals surface area contributed by atoms with Gasteiger partial charge in [0.05, 0.1) is 61.8 Å². The van der Waals surface area contributed by atoms with Gasteiger partial charge in [0.15, 0.2) is 0 Å². The third-order valence-electron chi connectivity index (χ3n) is 11.3. The van der Waals surface area contributed by atoms with Gasteiger partial charge in [-0.05, 0) is 67.4 Å². The van der Waals surface area contributed by atoms with Crippen molar-refractivity contribution in [3.63, 3.8) is 0 Å². The second kappa shape index (κ2) is 20.1. The maximum absolute atomic E-state index is 13.7. The molecule has 2 aliphatic rings. The molecule has 2 saturated heterocycles. The first-order valence-corrected chi connectivity index (χ1v) is 21.8. The number of fused-ring (bicyclic) bond motifs is 2. The number of unbranched alkanes of at least 4 members (excludes halogenated alkanes) is 1. The van der Waals surface area contributed by atoms with E-state index >= 15 is 0 Å². The van der Waals surface area contributed by atoms with E-state index in [1.807, 2.05) is 89.7 Å². The van der Waals surface area contributed by atoms with Crippen molar-refractivity contribution in [3.05, 3.63) is 109 Å². The van der Waals surface area contributed by atoms with Gasteiger partial charge in [-0.3, -0.25) is 19.8 Å². The highest BCUT2D eigenvalue weighted by Gasteiger charge is 2.17. The number of carbonyl (C=O) groups excluding carboxylic acids is 1. The van der Waals surface area contributed by atoms with Crippen LogP contribution < -0.4 is 25.4 Å². The summed E-state index contributed by atoms with van der Waals surface area (Å²) in [4.78, 5) is 27.6. The maximum atomic E-state index is 13.7. The standard InChI is InChI=1S/C47H53N11O5/c1-2-3-6-36-32-44(58(54-36)37-10-12-38(13-11-37)62-30-25-56-23-28-61-29-24-56)52-47(59)51-41-14-16-43(40-8-5-4-7-39(40)41)63-45-17-18-48-46(53-45)50-35-9-15-42-34(31-35)33-49-57(42)20-19-55-21-26-60-27-22-55/h4-5,7-18,31-33H,2-3,6,19-30H2,1H3,(H,48,50,53)(H2,51,52,59). The maximum Gasteiger partial charge on any atom is 0.324 e. The van der Waals surface area contributed by atoms with Crippen LogP contribution in [0.4, 0.5) is 27.9 Å². The first-order valence-electron chi connectivity index (χ1n) is 21.8. The van der Waals surface area contributed by atoms with Crippen molar-refractivity contribution in [2.45, 2.75) is 32.7 Å². The van der Waals surface area contributed by atoms with Gasteiger partial charge in [0.1, 0.15) is 23.9 Å². The molecule has 0 spiro atoms. The van der Waals surface area contributed by atoms with E-state index in [-0.39, 0.29) is 0 Å². The smallest absolute Gasteiger partial charge is 0.324 e. The number of nitrogens with zero attached hydrogens (tertiary/aromatic N) is 8. The van der Waals surface area contributed by atoms with Crippen LogP contribution >= 0.6 is 0 Å². The van der Waals surface area contributed by atoms with Crippen molar-refractivity contribution < 1.29 is 23.7 Å². The van der Waals surface area contributed by atoms with Gasteiger partial charge in [0.2, 0.25) is 11.8 Å². The number of anilines is 4. The number of urea groups is 1. The van der Waals surface area contributed by atoms with E-state index in [1.165, 1.54) is 0 Å². The van der Waals surface area contributed by atoms with E-state index in [0.717, 1.165) is 136 Å². The summed E-state index contributed by atoms with van der Waals surface area (Å²) in [6, 6.07) is 28.6. The molecule has 0 aliphatic carbocycles. The van der Waals surface area contributed by atoms with Crippen LogP contribution in [0, 0.1) is 0 Å². The van der Waals surface area contributed by atoms with E-state index in [0.29, 0.717) is 35.7 Å². The Hall–Kier alpha value is -6.59. The van der Waals surface area contributed by atoms with E-state index in [9.17, 15) is 4.79 Å². The minimum atomic E-state index is -0.398. The molecule has 2 aliphatic heterocycles. The number of nitrogens with one attached hydrogen (secondary N) is 3. The summed E-state index contributed by atoms with van der Waals surface area (Å²) in [6.07, 6.45) is 6.38. The highest BCUT2D eigenvalue weighted by atomic mass is 16.5. The third-order valence-corrected chi connectivity index (χ3v) is 11.3. The summed E-state index contributed by atoms with van der Waals surface area (Å²) in [5.74, 6) is 2.69. The van der Waals surface area contributed by atoms with Gasteiger partial charge < -0.3 is 29.6 Å². The lowest BCUT2D eigenvalue weighted by Gasteiger charge is -2.26. The van der Waals surface area contributed by atoms with Crippen molar-refractivity contribution in [3.8, 4) is 23.1 Å². The number of carbonyl (C=O) groups is 1. The number of rotatable bonds is 17. The highest BCUT2D eigenvalue weighted by Crippen LogP contribution is 2.35. The Morgan fingerprint density at radius 1 is 0.810 bits per heavy atom. The molecule has 0 atom stereocenters. The van der Waals surface area contributed by atoms with Crippen molar-refractivity contribution in [1.82, 2.24) is 39.3 Å².